The third-order valence-corrected chi connectivity index (χ3v) is 5.22. The molecule has 0 atom stereocenters. The van der Waals surface area contributed by atoms with E-state index in [1.165, 1.54) is 56.3 Å². The lowest BCUT2D eigenvalue weighted by atomic mass is 9.66. The molecule has 0 spiro atoms. The Bertz CT molecular complexity index is 425. The predicted octanol–water partition coefficient (Wildman–Crippen LogP) is 3.63. The summed E-state index contributed by atoms with van der Waals surface area (Å²) in [5.74, 6) is 0.971. The van der Waals surface area contributed by atoms with E-state index >= 15 is 0 Å². The van der Waals surface area contributed by atoms with Gasteiger partial charge in [0, 0.05) is 18.5 Å². The molecule has 0 bridgehead atoms. The van der Waals surface area contributed by atoms with Crippen molar-refractivity contribution < 1.29 is 0 Å². The van der Waals surface area contributed by atoms with Gasteiger partial charge in [-0.05, 0) is 50.2 Å². The van der Waals surface area contributed by atoms with Gasteiger partial charge in [-0.1, -0.05) is 36.6 Å². The molecule has 0 aromatic heterocycles. The molecule has 18 heavy (non-hydrogen) atoms. The minimum Gasteiger partial charge on any atom is -0.315 e. The largest absolute Gasteiger partial charge is 0.315 e. The monoisotopic (exact) mass is 243 g/mol. The first-order valence-corrected chi connectivity index (χ1v) is 7.46. The quantitative estimate of drug-likeness (QED) is 0.855. The van der Waals surface area contributed by atoms with Crippen LogP contribution in [0.15, 0.2) is 18.2 Å². The fraction of sp³-hybridized carbons (Fsp3) is 0.647. The molecule has 1 aliphatic carbocycles. The van der Waals surface area contributed by atoms with E-state index in [0.29, 0.717) is 5.41 Å². The van der Waals surface area contributed by atoms with Crippen molar-refractivity contribution in [2.45, 2.75) is 46.0 Å². The number of hydrogen-bond acceptors (Lipinski definition) is 1. The highest BCUT2D eigenvalue weighted by Gasteiger charge is 2.44. The lowest BCUT2D eigenvalue weighted by molar-refractivity contribution is 0.0810. The Balaban J connectivity index is 1.82. The molecule has 1 heteroatoms. The summed E-state index contributed by atoms with van der Waals surface area (Å²) >= 11 is 0. The summed E-state index contributed by atoms with van der Waals surface area (Å²) in [6.45, 7) is 6.96. The van der Waals surface area contributed by atoms with E-state index in [1.54, 1.807) is 5.56 Å². The molecule has 1 saturated carbocycles. The van der Waals surface area contributed by atoms with Crippen molar-refractivity contribution in [3.05, 3.63) is 34.9 Å². The number of aryl methyl sites for hydroxylation is 2. The summed E-state index contributed by atoms with van der Waals surface area (Å²) in [7, 11) is 0. The van der Waals surface area contributed by atoms with Gasteiger partial charge in [-0.15, -0.1) is 0 Å². The van der Waals surface area contributed by atoms with Gasteiger partial charge in [0.1, 0.15) is 0 Å². The Morgan fingerprint density at radius 3 is 2.50 bits per heavy atom. The van der Waals surface area contributed by atoms with Gasteiger partial charge in [0.25, 0.3) is 0 Å². The summed E-state index contributed by atoms with van der Waals surface area (Å²) in [5.41, 5.74) is 5.05. The molecule has 1 saturated heterocycles. The molecular weight excluding hydrogens is 218 g/mol. The molecule has 1 heterocycles. The van der Waals surface area contributed by atoms with Gasteiger partial charge in [-0.3, -0.25) is 0 Å². The summed E-state index contributed by atoms with van der Waals surface area (Å²) in [4.78, 5) is 0. The van der Waals surface area contributed by atoms with Crippen molar-refractivity contribution in [3.63, 3.8) is 0 Å². The lowest BCUT2D eigenvalue weighted by Crippen LogP contribution is -2.58. The standard InChI is InChI=1S/C17H25N/c1-13-7-8-14(2)15(9-13)10-17(11-18-12-17)16-5-3-4-6-16/h7-9,16,18H,3-6,10-12H2,1-2H3. The maximum Gasteiger partial charge on any atom is 0.00261 e. The molecule has 1 aliphatic heterocycles. The van der Waals surface area contributed by atoms with Crippen LogP contribution in [0.2, 0.25) is 0 Å². The number of benzene rings is 1. The molecule has 2 fully saturated rings. The zero-order valence-corrected chi connectivity index (χ0v) is 11.8. The minimum atomic E-state index is 0.578. The zero-order valence-electron chi connectivity index (χ0n) is 11.8. The molecule has 1 aromatic carbocycles. The van der Waals surface area contributed by atoms with Crippen LogP contribution in [-0.4, -0.2) is 13.1 Å². The van der Waals surface area contributed by atoms with Crippen molar-refractivity contribution in [2.24, 2.45) is 11.3 Å². The van der Waals surface area contributed by atoms with Crippen LogP contribution < -0.4 is 5.32 Å². The summed E-state index contributed by atoms with van der Waals surface area (Å²) in [6, 6.07) is 6.93. The van der Waals surface area contributed by atoms with E-state index in [1.807, 2.05) is 0 Å². The van der Waals surface area contributed by atoms with Crippen LogP contribution in [0, 0.1) is 25.2 Å². The highest BCUT2D eigenvalue weighted by molar-refractivity contribution is 5.32. The second-order valence-electron chi connectivity index (χ2n) is 6.55. The fourth-order valence-electron chi connectivity index (χ4n) is 3.91. The minimum absolute atomic E-state index is 0.578. The van der Waals surface area contributed by atoms with Crippen LogP contribution in [-0.2, 0) is 6.42 Å². The van der Waals surface area contributed by atoms with E-state index in [-0.39, 0.29) is 0 Å². The fourth-order valence-corrected chi connectivity index (χ4v) is 3.91. The van der Waals surface area contributed by atoms with Crippen LogP contribution >= 0.6 is 0 Å². The third-order valence-electron chi connectivity index (χ3n) is 5.22. The maximum absolute atomic E-state index is 3.53. The average molecular weight is 243 g/mol. The molecular formula is C17H25N. The Kier molecular flexibility index (Phi) is 3.19. The number of nitrogens with one attached hydrogen (secondary N) is 1. The molecule has 0 amide bonds. The van der Waals surface area contributed by atoms with E-state index in [2.05, 4.69) is 37.4 Å². The summed E-state index contributed by atoms with van der Waals surface area (Å²) in [5, 5.41) is 3.53. The van der Waals surface area contributed by atoms with Crippen molar-refractivity contribution in [1.82, 2.24) is 5.32 Å². The second kappa shape index (κ2) is 4.70. The van der Waals surface area contributed by atoms with Gasteiger partial charge < -0.3 is 5.32 Å². The molecule has 0 radical (unpaired) electrons. The Morgan fingerprint density at radius 1 is 1.17 bits per heavy atom. The molecule has 1 nitrogen and oxygen atoms in total. The number of hydrogen-bond donors (Lipinski definition) is 1. The van der Waals surface area contributed by atoms with Crippen LogP contribution in [0.4, 0.5) is 0 Å². The van der Waals surface area contributed by atoms with Gasteiger partial charge in [-0.25, -0.2) is 0 Å². The van der Waals surface area contributed by atoms with Crippen LogP contribution in [0.3, 0.4) is 0 Å². The molecule has 2 aliphatic rings. The van der Waals surface area contributed by atoms with Crippen LogP contribution in [0.1, 0.15) is 42.4 Å². The number of rotatable bonds is 3. The lowest BCUT2D eigenvalue weighted by Gasteiger charge is -2.48. The summed E-state index contributed by atoms with van der Waals surface area (Å²) in [6.07, 6.45) is 7.13. The zero-order chi connectivity index (χ0) is 12.6. The van der Waals surface area contributed by atoms with Crippen molar-refractivity contribution in [2.75, 3.05) is 13.1 Å². The van der Waals surface area contributed by atoms with Gasteiger partial charge in [0.15, 0.2) is 0 Å². The van der Waals surface area contributed by atoms with Gasteiger partial charge in [-0.2, -0.15) is 0 Å². The van der Waals surface area contributed by atoms with E-state index in [0.717, 1.165) is 5.92 Å². The average Bonchev–Trinajstić information content (AvgIpc) is 2.82. The highest BCUT2D eigenvalue weighted by Crippen LogP contribution is 2.45. The van der Waals surface area contributed by atoms with Gasteiger partial charge >= 0.3 is 0 Å². The maximum atomic E-state index is 3.53. The SMILES string of the molecule is Cc1ccc(C)c(CC2(C3CCCC3)CNC2)c1. The van der Waals surface area contributed by atoms with Gasteiger partial charge in [0.2, 0.25) is 0 Å². The van der Waals surface area contributed by atoms with E-state index < -0.39 is 0 Å². The van der Waals surface area contributed by atoms with Crippen molar-refractivity contribution in [1.29, 1.82) is 0 Å². The van der Waals surface area contributed by atoms with Gasteiger partial charge in [0.05, 0.1) is 0 Å². The molecule has 3 rings (SSSR count). The van der Waals surface area contributed by atoms with E-state index in [4.69, 9.17) is 0 Å². The molecule has 1 aromatic rings. The molecule has 1 N–H and O–H groups in total. The third kappa shape index (κ3) is 2.09. The Hall–Kier alpha value is -0.820. The Labute approximate surface area is 111 Å². The summed E-state index contributed by atoms with van der Waals surface area (Å²) < 4.78 is 0. The normalized spacial score (nSPS) is 23.0. The highest BCUT2D eigenvalue weighted by atomic mass is 15.0. The first kappa shape index (κ1) is 12.2. The smallest absolute Gasteiger partial charge is 0.00261 e. The Morgan fingerprint density at radius 2 is 1.89 bits per heavy atom. The second-order valence-corrected chi connectivity index (χ2v) is 6.55. The first-order chi connectivity index (χ1) is 8.70. The van der Waals surface area contributed by atoms with Crippen LogP contribution in [0.25, 0.3) is 0 Å². The molecule has 0 unspecified atom stereocenters. The first-order valence-electron chi connectivity index (χ1n) is 7.46. The molecule has 98 valence electrons. The van der Waals surface area contributed by atoms with E-state index in [9.17, 15) is 0 Å². The van der Waals surface area contributed by atoms with Crippen molar-refractivity contribution >= 4 is 0 Å². The van der Waals surface area contributed by atoms with Crippen molar-refractivity contribution in [3.8, 4) is 0 Å². The topological polar surface area (TPSA) is 12.0 Å². The predicted molar refractivity (Wildman–Crippen MR) is 76.9 cm³/mol. The van der Waals surface area contributed by atoms with Crippen LogP contribution in [0.5, 0.6) is 0 Å².